The zero-order valence-electron chi connectivity index (χ0n) is 11.8. The monoisotopic (exact) mass is 319 g/mol. The van der Waals surface area contributed by atoms with E-state index in [0.29, 0.717) is 6.54 Å². The van der Waals surface area contributed by atoms with E-state index < -0.39 is 11.7 Å². The first-order chi connectivity index (χ1) is 11.0. The van der Waals surface area contributed by atoms with E-state index in [0.717, 1.165) is 17.7 Å². The molecule has 23 heavy (non-hydrogen) atoms. The Morgan fingerprint density at radius 1 is 1.00 bits per heavy atom. The molecule has 0 atom stereocenters. The maximum absolute atomic E-state index is 12.8. The lowest BCUT2D eigenvalue weighted by Crippen LogP contribution is -2.09. The van der Waals surface area contributed by atoms with Crippen molar-refractivity contribution in [3.05, 3.63) is 65.7 Å². The number of anilines is 1. The minimum Gasteiger partial charge on any atom is -0.349 e. The summed E-state index contributed by atoms with van der Waals surface area (Å²) in [7, 11) is 0. The number of benzene rings is 2. The molecule has 8 heteroatoms. The third-order valence-electron chi connectivity index (χ3n) is 3.18. The smallest absolute Gasteiger partial charge is 0.349 e. The SMILES string of the molecule is FC(F)(F)c1cccc(-n2nnnc2NCc2ccccc2)c1. The summed E-state index contributed by atoms with van der Waals surface area (Å²) < 4.78 is 39.6. The number of aromatic nitrogens is 4. The van der Waals surface area contributed by atoms with Crippen LogP contribution in [0.15, 0.2) is 54.6 Å². The van der Waals surface area contributed by atoms with Gasteiger partial charge in [-0.15, -0.1) is 0 Å². The van der Waals surface area contributed by atoms with Gasteiger partial charge in [0.2, 0.25) is 5.95 Å². The molecule has 0 radical (unpaired) electrons. The molecule has 0 saturated carbocycles. The van der Waals surface area contributed by atoms with Gasteiger partial charge >= 0.3 is 6.18 Å². The summed E-state index contributed by atoms with van der Waals surface area (Å²) in [5.41, 5.74) is 0.492. The number of tetrazole rings is 1. The molecule has 1 heterocycles. The summed E-state index contributed by atoms with van der Waals surface area (Å²) in [5, 5.41) is 14.1. The van der Waals surface area contributed by atoms with Gasteiger partial charge in [0.05, 0.1) is 11.3 Å². The molecule has 0 aliphatic carbocycles. The second-order valence-electron chi connectivity index (χ2n) is 4.80. The number of alkyl halides is 3. The second kappa shape index (κ2) is 6.07. The van der Waals surface area contributed by atoms with E-state index in [1.165, 1.54) is 16.8 Å². The van der Waals surface area contributed by atoms with E-state index in [2.05, 4.69) is 20.8 Å². The van der Waals surface area contributed by atoms with E-state index in [1.807, 2.05) is 30.3 Å². The first-order valence-corrected chi connectivity index (χ1v) is 6.78. The Morgan fingerprint density at radius 3 is 2.52 bits per heavy atom. The number of halogens is 3. The van der Waals surface area contributed by atoms with Crippen molar-refractivity contribution in [2.24, 2.45) is 0 Å². The molecule has 0 bridgehead atoms. The van der Waals surface area contributed by atoms with Crippen LogP contribution in [0.1, 0.15) is 11.1 Å². The summed E-state index contributed by atoms with van der Waals surface area (Å²) in [6.45, 7) is 0.459. The van der Waals surface area contributed by atoms with E-state index in [9.17, 15) is 13.2 Å². The highest BCUT2D eigenvalue weighted by molar-refractivity contribution is 5.42. The summed E-state index contributed by atoms with van der Waals surface area (Å²) in [6, 6.07) is 14.4. The second-order valence-corrected chi connectivity index (χ2v) is 4.80. The third kappa shape index (κ3) is 3.47. The molecule has 0 aliphatic heterocycles. The van der Waals surface area contributed by atoms with Gasteiger partial charge in [0.15, 0.2) is 0 Å². The van der Waals surface area contributed by atoms with Gasteiger partial charge in [0.1, 0.15) is 0 Å². The van der Waals surface area contributed by atoms with Crippen LogP contribution >= 0.6 is 0 Å². The third-order valence-corrected chi connectivity index (χ3v) is 3.18. The minimum absolute atomic E-state index is 0.236. The van der Waals surface area contributed by atoms with Crippen molar-refractivity contribution in [2.45, 2.75) is 12.7 Å². The highest BCUT2D eigenvalue weighted by atomic mass is 19.4. The van der Waals surface area contributed by atoms with Crippen molar-refractivity contribution in [2.75, 3.05) is 5.32 Å². The van der Waals surface area contributed by atoms with Gasteiger partial charge in [0.25, 0.3) is 0 Å². The summed E-state index contributed by atoms with van der Waals surface area (Å²) in [5.74, 6) is 0.271. The molecule has 3 rings (SSSR count). The zero-order valence-corrected chi connectivity index (χ0v) is 11.8. The number of nitrogens with zero attached hydrogens (tertiary/aromatic N) is 4. The average Bonchev–Trinajstić information content (AvgIpc) is 3.02. The standard InChI is InChI=1S/C15H12F3N5/c16-15(17,18)12-7-4-8-13(9-12)23-14(20-21-22-23)19-10-11-5-2-1-3-6-11/h1-9H,10H2,(H,19,20,22). The fraction of sp³-hybridized carbons (Fsp3) is 0.133. The van der Waals surface area contributed by atoms with Crippen molar-refractivity contribution in [3.8, 4) is 5.69 Å². The Balaban J connectivity index is 1.84. The van der Waals surface area contributed by atoms with Crippen molar-refractivity contribution in [3.63, 3.8) is 0 Å². The van der Waals surface area contributed by atoms with Crippen LogP contribution in [0.3, 0.4) is 0 Å². The van der Waals surface area contributed by atoms with E-state index in [4.69, 9.17) is 0 Å². The molecule has 0 unspecified atom stereocenters. The van der Waals surface area contributed by atoms with Crippen LogP contribution in [-0.4, -0.2) is 20.2 Å². The summed E-state index contributed by atoms with van der Waals surface area (Å²) in [6.07, 6.45) is -4.42. The van der Waals surface area contributed by atoms with Gasteiger partial charge in [-0.2, -0.15) is 17.9 Å². The number of nitrogens with one attached hydrogen (secondary N) is 1. The quantitative estimate of drug-likeness (QED) is 0.802. The Morgan fingerprint density at radius 2 is 1.78 bits per heavy atom. The van der Waals surface area contributed by atoms with Crippen molar-refractivity contribution >= 4 is 5.95 Å². The number of hydrogen-bond donors (Lipinski definition) is 1. The molecule has 0 amide bonds. The van der Waals surface area contributed by atoms with Gasteiger partial charge in [-0.1, -0.05) is 41.5 Å². The van der Waals surface area contributed by atoms with Crippen molar-refractivity contribution < 1.29 is 13.2 Å². The van der Waals surface area contributed by atoms with Crippen LogP contribution < -0.4 is 5.32 Å². The molecule has 118 valence electrons. The lowest BCUT2D eigenvalue weighted by Gasteiger charge is -2.10. The Hall–Kier alpha value is -2.90. The fourth-order valence-electron chi connectivity index (χ4n) is 2.06. The van der Waals surface area contributed by atoms with E-state index >= 15 is 0 Å². The average molecular weight is 319 g/mol. The normalized spacial score (nSPS) is 11.4. The molecular weight excluding hydrogens is 307 g/mol. The van der Waals surface area contributed by atoms with Gasteiger partial charge < -0.3 is 5.32 Å². The molecule has 2 aromatic carbocycles. The van der Waals surface area contributed by atoms with Crippen LogP contribution in [0.25, 0.3) is 5.69 Å². The summed E-state index contributed by atoms with van der Waals surface area (Å²) in [4.78, 5) is 0. The number of rotatable bonds is 4. The maximum Gasteiger partial charge on any atom is 0.416 e. The Bertz CT molecular complexity index is 783. The summed E-state index contributed by atoms with van der Waals surface area (Å²) >= 11 is 0. The van der Waals surface area contributed by atoms with Crippen molar-refractivity contribution in [1.82, 2.24) is 20.2 Å². The lowest BCUT2D eigenvalue weighted by molar-refractivity contribution is -0.137. The fourth-order valence-corrected chi connectivity index (χ4v) is 2.06. The highest BCUT2D eigenvalue weighted by Crippen LogP contribution is 2.30. The first-order valence-electron chi connectivity index (χ1n) is 6.78. The van der Waals surface area contributed by atoms with Crippen LogP contribution in [0, 0.1) is 0 Å². The predicted octanol–water partition coefficient (Wildman–Crippen LogP) is 3.29. The molecule has 1 aromatic heterocycles. The molecule has 1 N–H and O–H groups in total. The molecule has 0 fully saturated rings. The first kappa shape index (κ1) is 15.0. The van der Waals surface area contributed by atoms with Crippen LogP contribution in [0.5, 0.6) is 0 Å². The molecule has 0 aliphatic rings. The van der Waals surface area contributed by atoms with E-state index in [-0.39, 0.29) is 11.6 Å². The van der Waals surface area contributed by atoms with Gasteiger partial charge in [-0.3, -0.25) is 0 Å². The van der Waals surface area contributed by atoms with Crippen molar-refractivity contribution in [1.29, 1.82) is 0 Å². The zero-order chi connectivity index (χ0) is 16.3. The van der Waals surface area contributed by atoms with Gasteiger partial charge in [-0.05, 0) is 34.2 Å². The number of hydrogen-bond acceptors (Lipinski definition) is 4. The molecule has 0 saturated heterocycles. The molecular formula is C15H12F3N5. The molecule has 0 spiro atoms. The van der Waals surface area contributed by atoms with Crippen LogP contribution in [0.4, 0.5) is 19.1 Å². The Kier molecular flexibility index (Phi) is 3.96. The topological polar surface area (TPSA) is 55.6 Å². The lowest BCUT2D eigenvalue weighted by atomic mass is 10.2. The largest absolute Gasteiger partial charge is 0.416 e. The van der Waals surface area contributed by atoms with Crippen LogP contribution in [0.2, 0.25) is 0 Å². The molecule has 5 nitrogen and oxygen atoms in total. The van der Waals surface area contributed by atoms with E-state index in [1.54, 1.807) is 0 Å². The minimum atomic E-state index is -4.42. The maximum atomic E-state index is 12.8. The van der Waals surface area contributed by atoms with Gasteiger partial charge in [0, 0.05) is 6.54 Å². The highest BCUT2D eigenvalue weighted by Gasteiger charge is 2.30. The van der Waals surface area contributed by atoms with Gasteiger partial charge in [-0.25, -0.2) is 0 Å². The molecule has 3 aromatic rings. The van der Waals surface area contributed by atoms with Crippen LogP contribution in [-0.2, 0) is 12.7 Å². The Labute approximate surface area is 129 Å². The predicted molar refractivity (Wildman–Crippen MR) is 77.9 cm³/mol.